The Kier molecular flexibility index (Phi) is 4.53. The summed E-state index contributed by atoms with van der Waals surface area (Å²) in [5, 5.41) is 0. The van der Waals surface area contributed by atoms with Crippen LogP contribution in [0, 0.1) is 0 Å². The minimum absolute atomic E-state index is 0.132. The molecule has 0 fully saturated rings. The van der Waals surface area contributed by atoms with E-state index in [9.17, 15) is 4.79 Å². The van der Waals surface area contributed by atoms with E-state index < -0.39 is 0 Å². The summed E-state index contributed by atoms with van der Waals surface area (Å²) in [6.45, 7) is 9.83. The van der Waals surface area contributed by atoms with Crippen LogP contribution >= 0.6 is 0 Å². The quantitative estimate of drug-likeness (QED) is 0.761. The molecule has 0 heterocycles. The Labute approximate surface area is 98.3 Å². The summed E-state index contributed by atoms with van der Waals surface area (Å²) in [5.74, 6) is 0.594. The van der Waals surface area contributed by atoms with E-state index in [1.54, 1.807) is 0 Å². The lowest BCUT2D eigenvalue weighted by Gasteiger charge is -2.19. The zero-order chi connectivity index (χ0) is 12.1. The Morgan fingerprint density at radius 3 is 2.38 bits per heavy atom. The van der Waals surface area contributed by atoms with Gasteiger partial charge in [-0.1, -0.05) is 26.0 Å². The van der Waals surface area contributed by atoms with E-state index in [-0.39, 0.29) is 5.91 Å². The number of benzene rings is 1. The second-order valence-corrected chi connectivity index (χ2v) is 4.26. The van der Waals surface area contributed by atoms with Crippen LogP contribution in [0.5, 0.6) is 0 Å². The smallest absolute Gasteiger partial charge is 0.253 e. The van der Waals surface area contributed by atoms with Crippen molar-refractivity contribution in [1.29, 1.82) is 0 Å². The van der Waals surface area contributed by atoms with Crippen molar-refractivity contribution in [3.8, 4) is 0 Å². The highest BCUT2D eigenvalue weighted by Crippen LogP contribution is 2.16. The van der Waals surface area contributed by atoms with Crippen LogP contribution in [-0.4, -0.2) is 23.9 Å². The number of hydrogen-bond acceptors (Lipinski definition) is 1. The number of amides is 1. The number of carbonyl (C=O) groups excluding carboxylic acids is 1. The van der Waals surface area contributed by atoms with E-state index >= 15 is 0 Å². The first kappa shape index (κ1) is 12.8. The molecule has 0 radical (unpaired) electrons. The van der Waals surface area contributed by atoms with Gasteiger partial charge >= 0.3 is 0 Å². The zero-order valence-electron chi connectivity index (χ0n) is 10.7. The van der Waals surface area contributed by atoms with Crippen LogP contribution in [0.1, 0.15) is 49.5 Å². The average molecular weight is 219 g/mol. The molecule has 2 heteroatoms. The first-order valence-electron chi connectivity index (χ1n) is 5.99. The van der Waals surface area contributed by atoms with Crippen molar-refractivity contribution in [2.24, 2.45) is 0 Å². The van der Waals surface area contributed by atoms with Crippen molar-refractivity contribution in [1.82, 2.24) is 4.90 Å². The van der Waals surface area contributed by atoms with Gasteiger partial charge in [0.25, 0.3) is 5.91 Å². The Balaban J connectivity index is 2.95. The van der Waals surface area contributed by atoms with Gasteiger partial charge < -0.3 is 4.90 Å². The summed E-state index contributed by atoms with van der Waals surface area (Å²) in [6, 6.07) is 7.94. The molecule has 1 amide bonds. The fraction of sp³-hybridized carbons (Fsp3) is 0.500. The van der Waals surface area contributed by atoms with Gasteiger partial charge in [-0.3, -0.25) is 4.79 Å². The maximum Gasteiger partial charge on any atom is 0.253 e. The topological polar surface area (TPSA) is 20.3 Å². The Bertz CT molecular complexity index is 354. The van der Waals surface area contributed by atoms with Crippen LogP contribution in [0.15, 0.2) is 24.3 Å². The zero-order valence-corrected chi connectivity index (χ0v) is 10.7. The molecule has 0 N–H and O–H groups in total. The van der Waals surface area contributed by atoms with Crippen LogP contribution in [0.25, 0.3) is 0 Å². The maximum absolute atomic E-state index is 12.1. The van der Waals surface area contributed by atoms with E-state index in [1.165, 1.54) is 5.56 Å². The molecule has 0 aliphatic carbocycles. The summed E-state index contributed by atoms with van der Waals surface area (Å²) in [5.41, 5.74) is 2.02. The van der Waals surface area contributed by atoms with Crippen LogP contribution in [0.2, 0.25) is 0 Å². The highest BCUT2D eigenvalue weighted by Gasteiger charge is 2.12. The Morgan fingerprint density at radius 2 is 1.88 bits per heavy atom. The van der Waals surface area contributed by atoms with Crippen LogP contribution in [-0.2, 0) is 0 Å². The van der Waals surface area contributed by atoms with E-state index in [0.29, 0.717) is 5.92 Å². The molecule has 0 atom stereocenters. The van der Waals surface area contributed by atoms with Gasteiger partial charge in [-0.15, -0.1) is 0 Å². The number of rotatable bonds is 4. The average Bonchev–Trinajstić information content (AvgIpc) is 2.30. The number of carbonyl (C=O) groups is 1. The second-order valence-electron chi connectivity index (χ2n) is 4.26. The van der Waals surface area contributed by atoms with E-state index in [4.69, 9.17) is 0 Å². The number of hydrogen-bond donors (Lipinski definition) is 0. The molecule has 0 aromatic heterocycles. The van der Waals surface area contributed by atoms with Gasteiger partial charge in [0.15, 0.2) is 0 Å². The van der Waals surface area contributed by atoms with Crippen molar-refractivity contribution < 1.29 is 4.79 Å². The minimum atomic E-state index is 0.132. The SMILES string of the molecule is CCN(CC)C(=O)c1cccc(C(C)C)c1. The van der Waals surface area contributed by atoms with Gasteiger partial charge in [-0.25, -0.2) is 0 Å². The third kappa shape index (κ3) is 2.84. The predicted octanol–water partition coefficient (Wildman–Crippen LogP) is 3.29. The summed E-state index contributed by atoms with van der Waals surface area (Å²) in [4.78, 5) is 14.0. The lowest BCUT2D eigenvalue weighted by molar-refractivity contribution is 0.0773. The fourth-order valence-corrected chi connectivity index (χ4v) is 1.72. The van der Waals surface area contributed by atoms with Crippen LogP contribution in [0.4, 0.5) is 0 Å². The van der Waals surface area contributed by atoms with Gasteiger partial charge in [0.2, 0.25) is 0 Å². The summed E-state index contributed by atoms with van der Waals surface area (Å²) in [7, 11) is 0. The molecule has 0 saturated carbocycles. The molecule has 16 heavy (non-hydrogen) atoms. The fourth-order valence-electron chi connectivity index (χ4n) is 1.72. The van der Waals surface area contributed by atoms with Gasteiger partial charge in [-0.05, 0) is 37.5 Å². The predicted molar refractivity (Wildman–Crippen MR) is 67.8 cm³/mol. The highest BCUT2D eigenvalue weighted by molar-refractivity contribution is 5.94. The molecule has 2 nitrogen and oxygen atoms in total. The molecule has 0 saturated heterocycles. The molecule has 0 aliphatic rings. The van der Waals surface area contributed by atoms with Crippen molar-refractivity contribution in [3.63, 3.8) is 0 Å². The lowest BCUT2D eigenvalue weighted by Crippen LogP contribution is -2.30. The second kappa shape index (κ2) is 5.69. The maximum atomic E-state index is 12.1. The first-order chi connectivity index (χ1) is 7.60. The van der Waals surface area contributed by atoms with E-state index in [2.05, 4.69) is 19.9 Å². The van der Waals surface area contributed by atoms with E-state index in [1.807, 2.05) is 36.9 Å². The third-order valence-electron chi connectivity index (χ3n) is 2.85. The molecule has 1 aromatic carbocycles. The van der Waals surface area contributed by atoms with Crippen molar-refractivity contribution in [2.45, 2.75) is 33.6 Å². The van der Waals surface area contributed by atoms with Gasteiger partial charge in [0.1, 0.15) is 0 Å². The Morgan fingerprint density at radius 1 is 1.25 bits per heavy atom. The first-order valence-corrected chi connectivity index (χ1v) is 5.99. The van der Waals surface area contributed by atoms with Gasteiger partial charge in [0, 0.05) is 18.7 Å². The van der Waals surface area contributed by atoms with E-state index in [0.717, 1.165) is 18.7 Å². The number of nitrogens with zero attached hydrogens (tertiary/aromatic N) is 1. The molecule has 1 rings (SSSR count). The lowest BCUT2D eigenvalue weighted by atomic mass is 10.0. The van der Waals surface area contributed by atoms with Crippen molar-refractivity contribution in [2.75, 3.05) is 13.1 Å². The van der Waals surface area contributed by atoms with Gasteiger partial charge in [0.05, 0.1) is 0 Å². The van der Waals surface area contributed by atoms with Crippen molar-refractivity contribution >= 4 is 5.91 Å². The summed E-state index contributed by atoms with van der Waals surface area (Å²) >= 11 is 0. The monoisotopic (exact) mass is 219 g/mol. The highest BCUT2D eigenvalue weighted by atomic mass is 16.2. The molecular formula is C14H21NO. The van der Waals surface area contributed by atoms with Crippen LogP contribution < -0.4 is 0 Å². The molecular weight excluding hydrogens is 198 g/mol. The standard InChI is InChI=1S/C14H21NO/c1-5-15(6-2)14(16)13-9-7-8-12(10-13)11(3)4/h7-11H,5-6H2,1-4H3. The normalized spacial score (nSPS) is 10.6. The van der Waals surface area contributed by atoms with Crippen LogP contribution in [0.3, 0.4) is 0 Å². The minimum Gasteiger partial charge on any atom is -0.339 e. The molecule has 1 aromatic rings. The van der Waals surface area contributed by atoms with Gasteiger partial charge in [-0.2, -0.15) is 0 Å². The summed E-state index contributed by atoms with van der Waals surface area (Å²) in [6.07, 6.45) is 0. The van der Waals surface area contributed by atoms with Crippen molar-refractivity contribution in [3.05, 3.63) is 35.4 Å². The Hall–Kier alpha value is -1.31. The molecule has 88 valence electrons. The summed E-state index contributed by atoms with van der Waals surface area (Å²) < 4.78 is 0. The molecule has 0 unspecified atom stereocenters. The third-order valence-corrected chi connectivity index (χ3v) is 2.85. The molecule has 0 spiro atoms. The molecule has 0 bridgehead atoms. The largest absolute Gasteiger partial charge is 0.339 e. The molecule has 0 aliphatic heterocycles.